The highest BCUT2D eigenvalue weighted by Gasteiger charge is 2.37. The average molecular weight is 313 g/mol. The third-order valence-corrected chi connectivity index (χ3v) is 4.36. The van der Waals surface area contributed by atoms with Crippen molar-refractivity contribution in [2.75, 3.05) is 0 Å². The zero-order valence-electron chi connectivity index (χ0n) is 11.1. The first kappa shape index (κ1) is 13.7. The van der Waals surface area contributed by atoms with Gasteiger partial charge in [-0.2, -0.15) is 0 Å². The van der Waals surface area contributed by atoms with E-state index in [0.717, 1.165) is 42.4 Å². The highest BCUT2D eigenvalue weighted by Crippen LogP contribution is 2.35. The monoisotopic (exact) mass is 312 g/mol. The second kappa shape index (κ2) is 5.47. The van der Waals surface area contributed by atoms with E-state index in [1.54, 1.807) is 0 Å². The van der Waals surface area contributed by atoms with E-state index in [4.69, 9.17) is 0 Å². The molecule has 100 valence electrons. The molecule has 0 saturated heterocycles. The summed E-state index contributed by atoms with van der Waals surface area (Å²) in [6.45, 7) is 5.16. The van der Waals surface area contributed by atoms with Crippen LogP contribution in [0.15, 0.2) is 16.7 Å². The number of carbonyl (C=O) groups excluding carboxylic acids is 1. The normalized spacial score (nSPS) is 17.3. The smallest absolute Gasteiger partial charge is 0.268 e. The van der Waals surface area contributed by atoms with Crippen molar-refractivity contribution in [3.05, 3.63) is 22.4 Å². The van der Waals surface area contributed by atoms with Gasteiger partial charge in [0.15, 0.2) is 0 Å². The first-order chi connectivity index (χ1) is 8.60. The van der Waals surface area contributed by atoms with Gasteiger partial charge in [0.25, 0.3) is 5.91 Å². The molecular weight excluding hydrogens is 292 g/mol. The maximum atomic E-state index is 12.4. The Morgan fingerprint density at radius 2 is 2.22 bits per heavy atom. The molecule has 2 rings (SSSR count). The Hall–Kier alpha value is -0.770. The van der Waals surface area contributed by atoms with Crippen LogP contribution in [0.1, 0.15) is 56.4 Å². The van der Waals surface area contributed by atoms with Crippen molar-refractivity contribution in [3.63, 3.8) is 0 Å². The molecule has 1 aliphatic carbocycles. The van der Waals surface area contributed by atoms with Gasteiger partial charge in [0.05, 0.1) is 0 Å². The third-order valence-electron chi connectivity index (χ3n) is 3.93. The van der Waals surface area contributed by atoms with Gasteiger partial charge >= 0.3 is 0 Å². The largest absolute Gasteiger partial charge is 0.345 e. The summed E-state index contributed by atoms with van der Waals surface area (Å²) in [6.07, 6.45) is 7.50. The number of hydrogen-bond acceptors (Lipinski definition) is 1. The van der Waals surface area contributed by atoms with Crippen LogP contribution in [0.2, 0.25) is 0 Å². The van der Waals surface area contributed by atoms with Gasteiger partial charge in [-0.25, -0.2) is 0 Å². The fourth-order valence-electron chi connectivity index (χ4n) is 2.57. The molecule has 1 N–H and O–H groups in total. The van der Waals surface area contributed by atoms with Gasteiger partial charge in [0.2, 0.25) is 0 Å². The minimum absolute atomic E-state index is 0.0604. The van der Waals surface area contributed by atoms with Crippen molar-refractivity contribution < 1.29 is 4.79 Å². The molecule has 18 heavy (non-hydrogen) atoms. The van der Waals surface area contributed by atoms with Crippen LogP contribution in [0.3, 0.4) is 0 Å². The molecule has 1 aromatic heterocycles. The van der Waals surface area contributed by atoms with Crippen LogP contribution in [-0.4, -0.2) is 16.0 Å². The lowest BCUT2D eigenvalue weighted by molar-refractivity contribution is 0.0810. The fourth-order valence-corrected chi connectivity index (χ4v) is 3.03. The lowest BCUT2D eigenvalue weighted by Gasteiger charge is -2.42. The summed E-state index contributed by atoms with van der Waals surface area (Å²) < 4.78 is 3.00. The van der Waals surface area contributed by atoms with E-state index in [1.165, 1.54) is 6.42 Å². The van der Waals surface area contributed by atoms with Gasteiger partial charge in [-0.1, -0.05) is 13.8 Å². The summed E-state index contributed by atoms with van der Waals surface area (Å²) in [4.78, 5) is 12.4. The highest BCUT2D eigenvalue weighted by atomic mass is 79.9. The molecule has 1 aliphatic rings. The topological polar surface area (TPSA) is 34.0 Å². The molecule has 4 heteroatoms. The number of amides is 1. The number of rotatable bonds is 5. The summed E-state index contributed by atoms with van der Waals surface area (Å²) in [5.41, 5.74) is 0.827. The Balaban J connectivity index is 2.13. The lowest BCUT2D eigenvalue weighted by Crippen LogP contribution is -2.53. The minimum atomic E-state index is 0.0604. The number of nitrogens with zero attached hydrogens (tertiary/aromatic N) is 1. The molecule has 1 saturated carbocycles. The van der Waals surface area contributed by atoms with Crippen molar-refractivity contribution >= 4 is 21.8 Å². The van der Waals surface area contributed by atoms with Gasteiger partial charge in [0.1, 0.15) is 5.69 Å². The molecule has 1 aromatic rings. The maximum Gasteiger partial charge on any atom is 0.268 e. The summed E-state index contributed by atoms with van der Waals surface area (Å²) in [5.74, 6) is 0.0655. The van der Waals surface area contributed by atoms with Crippen LogP contribution in [0.4, 0.5) is 0 Å². The number of hydrogen-bond donors (Lipinski definition) is 1. The van der Waals surface area contributed by atoms with E-state index < -0.39 is 0 Å². The van der Waals surface area contributed by atoms with E-state index >= 15 is 0 Å². The number of carbonyl (C=O) groups is 1. The zero-order chi connectivity index (χ0) is 13.2. The zero-order valence-corrected chi connectivity index (χ0v) is 12.7. The van der Waals surface area contributed by atoms with E-state index in [9.17, 15) is 4.79 Å². The van der Waals surface area contributed by atoms with Crippen LogP contribution >= 0.6 is 15.9 Å². The Labute approximate surface area is 117 Å². The molecule has 0 aromatic carbocycles. The van der Waals surface area contributed by atoms with Gasteiger partial charge in [-0.05, 0) is 54.1 Å². The summed E-state index contributed by atoms with van der Waals surface area (Å²) >= 11 is 3.45. The van der Waals surface area contributed by atoms with E-state index in [1.807, 2.05) is 16.8 Å². The Bertz CT molecular complexity index is 429. The Kier molecular flexibility index (Phi) is 4.15. The second-order valence-electron chi connectivity index (χ2n) is 5.18. The van der Waals surface area contributed by atoms with Crippen LogP contribution in [0.5, 0.6) is 0 Å². The number of nitrogens with one attached hydrogen (secondary N) is 1. The van der Waals surface area contributed by atoms with Crippen LogP contribution in [-0.2, 0) is 6.54 Å². The molecule has 1 heterocycles. The second-order valence-corrected chi connectivity index (χ2v) is 6.09. The van der Waals surface area contributed by atoms with Gasteiger partial charge in [-0.15, -0.1) is 0 Å². The predicted octanol–water partition coefficient (Wildman–Crippen LogP) is 3.72. The summed E-state index contributed by atoms with van der Waals surface area (Å²) in [5, 5.41) is 3.23. The summed E-state index contributed by atoms with van der Waals surface area (Å²) in [6, 6.07) is 1.91. The van der Waals surface area contributed by atoms with Crippen molar-refractivity contribution in [2.45, 2.75) is 58.0 Å². The molecule has 1 fully saturated rings. The predicted molar refractivity (Wildman–Crippen MR) is 76.8 cm³/mol. The standard InChI is InChI=1S/C14H21BrN2O/c1-3-8-17-10-11(15)9-12(17)13(18)16-14(4-2)6-5-7-14/h9-10H,3-8H2,1-2H3,(H,16,18). The molecule has 0 spiro atoms. The molecule has 0 bridgehead atoms. The van der Waals surface area contributed by atoms with Crippen molar-refractivity contribution in [3.8, 4) is 0 Å². The van der Waals surface area contributed by atoms with Gasteiger partial charge in [0, 0.05) is 22.8 Å². The summed E-state index contributed by atoms with van der Waals surface area (Å²) in [7, 11) is 0. The van der Waals surface area contributed by atoms with E-state index in [-0.39, 0.29) is 11.4 Å². The SMILES string of the molecule is CCCn1cc(Br)cc1C(=O)NC1(CC)CCC1. The van der Waals surface area contributed by atoms with Gasteiger partial charge in [-0.3, -0.25) is 4.79 Å². The number of aromatic nitrogens is 1. The lowest BCUT2D eigenvalue weighted by atomic mass is 9.75. The van der Waals surface area contributed by atoms with E-state index in [0.29, 0.717) is 0 Å². The molecule has 3 nitrogen and oxygen atoms in total. The van der Waals surface area contributed by atoms with Crippen LogP contribution < -0.4 is 5.32 Å². The first-order valence-corrected chi connectivity index (χ1v) is 7.58. The molecular formula is C14H21BrN2O. The molecule has 0 aliphatic heterocycles. The Morgan fingerprint density at radius 1 is 1.50 bits per heavy atom. The van der Waals surface area contributed by atoms with Crippen molar-refractivity contribution in [1.29, 1.82) is 0 Å². The van der Waals surface area contributed by atoms with Crippen LogP contribution in [0, 0.1) is 0 Å². The van der Waals surface area contributed by atoms with Crippen molar-refractivity contribution in [2.24, 2.45) is 0 Å². The first-order valence-electron chi connectivity index (χ1n) is 6.78. The number of aryl methyl sites for hydroxylation is 1. The Morgan fingerprint density at radius 3 is 2.72 bits per heavy atom. The number of halogens is 1. The minimum Gasteiger partial charge on any atom is -0.345 e. The van der Waals surface area contributed by atoms with E-state index in [2.05, 4.69) is 35.1 Å². The molecule has 1 amide bonds. The fraction of sp³-hybridized carbons (Fsp3) is 0.643. The van der Waals surface area contributed by atoms with Crippen LogP contribution in [0.25, 0.3) is 0 Å². The average Bonchev–Trinajstić information content (AvgIpc) is 2.65. The molecule has 0 radical (unpaired) electrons. The highest BCUT2D eigenvalue weighted by molar-refractivity contribution is 9.10. The molecule has 0 atom stereocenters. The van der Waals surface area contributed by atoms with Gasteiger partial charge < -0.3 is 9.88 Å². The maximum absolute atomic E-state index is 12.4. The molecule has 0 unspecified atom stereocenters. The van der Waals surface area contributed by atoms with Crippen molar-refractivity contribution in [1.82, 2.24) is 9.88 Å². The quantitative estimate of drug-likeness (QED) is 0.883. The third kappa shape index (κ3) is 2.63.